The first-order valence-corrected chi connectivity index (χ1v) is 6.81. The Hall–Kier alpha value is -0.860. The number of alkyl halides is 1. The lowest BCUT2D eigenvalue weighted by molar-refractivity contribution is 0.449. The molecule has 0 saturated heterocycles. The van der Waals surface area contributed by atoms with Crippen LogP contribution in [0.1, 0.15) is 11.3 Å². The quantitative estimate of drug-likeness (QED) is 0.579. The van der Waals surface area contributed by atoms with Gasteiger partial charge in [-0.2, -0.15) is 0 Å². The van der Waals surface area contributed by atoms with Crippen molar-refractivity contribution in [2.24, 2.45) is 0 Å². The van der Waals surface area contributed by atoms with Crippen LogP contribution in [0.15, 0.2) is 39.8 Å². The van der Waals surface area contributed by atoms with Crippen LogP contribution in [0.3, 0.4) is 0 Å². The van der Waals surface area contributed by atoms with E-state index in [2.05, 4.69) is 12.1 Å². The summed E-state index contributed by atoms with van der Waals surface area (Å²) in [7, 11) is 0. The largest absolute Gasteiger partial charge is 0.454 e. The number of aryl methyl sites for hydroxylation is 1. The van der Waals surface area contributed by atoms with Crippen LogP contribution in [0.5, 0.6) is 0 Å². The predicted octanol–water partition coefficient (Wildman–Crippen LogP) is 4.72. The molecule has 0 aliphatic carbocycles. The number of halogens is 1. The Morgan fingerprint density at radius 3 is 2.50 bits per heavy atom. The minimum Gasteiger partial charge on any atom is -0.454 e. The molecule has 0 amide bonds. The van der Waals surface area contributed by atoms with Gasteiger partial charge in [-0.3, -0.25) is 0 Å². The molecular weight excluding hydrogens is 240 g/mol. The van der Waals surface area contributed by atoms with Gasteiger partial charge in [-0.15, -0.1) is 11.6 Å². The topological polar surface area (TPSA) is 13.1 Å². The molecular formula is C13H13ClOS. The SMILES string of the molecule is CSc1oc(C)c(CCl)c1-c1ccccc1. The van der Waals surface area contributed by atoms with E-state index in [1.807, 2.05) is 31.4 Å². The van der Waals surface area contributed by atoms with Gasteiger partial charge in [0.05, 0.1) is 5.88 Å². The van der Waals surface area contributed by atoms with Gasteiger partial charge in [0.2, 0.25) is 0 Å². The first-order valence-electron chi connectivity index (χ1n) is 5.05. The molecule has 0 bridgehead atoms. The van der Waals surface area contributed by atoms with Crippen molar-refractivity contribution in [3.8, 4) is 11.1 Å². The van der Waals surface area contributed by atoms with Gasteiger partial charge in [0.25, 0.3) is 0 Å². The van der Waals surface area contributed by atoms with Crippen molar-refractivity contribution in [2.75, 3.05) is 6.26 Å². The van der Waals surface area contributed by atoms with Crippen LogP contribution in [0, 0.1) is 6.92 Å². The van der Waals surface area contributed by atoms with E-state index in [1.54, 1.807) is 11.8 Å². The van der Waals surface area contributed by atoms with E-state index in [4.69, 9.17) is 16.0 Å². The zero-order valence-corrected chi connectivity index (χ0v) is 10.9. The maximum atomic E-state index is 5.99. The van der Waals surface area contributed by atoms with E-state index in [1.165, 1.54) is 5.56 Å². The van der Waals surface area contributed by atoms with Gasteiger partial charge in [-0.05, 0) is 18.7 Å². The molecule has 1 aromatic heterocycles. The normalized spacial score (nSPS) is 10.7. The van der Waals surface area contributed by atoms with E-state index in [-0.39, 0.29) is 0 Å². The molecule has 0 aliphatic rings. The van der Waals surface area contributed by atoms with Gasteiger partial charge >= 0.3 is 0 Å². The lowest BCUT2D eigenvalue weighted by Gasteiger charge is -2.02. The van der Waals surface area contributed by atoms with Crippen molar-refractivity contribution in [1.29, 1.82) is 0 Å². The van der Waals surface area contributed by atoms with E-state index >= 15 is 0 Å². The second kappa shape index (κ2) is 4.98. The standard InChI is InChI=1S/C13H13ClOS/c1-9-11(8-14)12(13(15-9)16-2)10-6-4-3-5-7-10/h3-7H,8H2,1-2H3. The lowest BCUT2D eigenvalue weighted by atomic mass is 10.0. The number of rotatable bonds is 3. The first-order chi connectivity index (χ1) is 7.77. The third kappa shape index (κ3) is 2.00. The fraction of sp³-hybridized carbons (Fsp3) is 0.231. The number of furan rings is 1. The zero-order valence-electron chi connectivity index (χ0n) is 9.29. The van der Waals surface area contributed by atoms with Gasteiger partial charge in [0.1, 0.15) is 5.76 Å². The second-order valence-electron chi connectivity index (χ2n) is 3.50. The zero-order chi connectivity index (χ0) is 11.5. The molecule has 1 aromatic carbocycles. The van der Waals surface area contributed by atoms with Crippen molar-refractivity contribution in [3.63, 3.8) is 0 Å². The maximum Gasteiger partial charge on any atom is 0.168 e. The van der Waals surface area contributed by atoms with E-state index in [0.717, 1.165) is 22.0 Å². The Morgan fingerprint density at radius 2 is 1.94 bits per heavy atom. The van der Waals surface area contributed by atoms with E-state index in [9.17, 15) is 0 Å². The highest BCUT2D eigenvalue weighted by molar-refractivity contribution is 7.98. The van der Waals surface area contributed by atoms with Crippen molar-refractivity contribution in [3.05, 3.63) is 41.7 Å². The molecule has 84 valence electrons. The summed E-state index contributed by atoms with van der Waals surface area (Å²) in [4.78, 5) is 0. The van der Waals surface area contributed by atoms with Crippen LogP contribution in [0.4, 0.5) is 0 Å². The molecule has 2 aromatic rings. The summed E-state index contributed by atoms with van der Waals surface area (Å²) in [6, 6.07) is 10.2. The molecule has 2 rings (SSSR count). The summed E-state index contributed by atoms with van der Waals surface area (Å²) >= 11 is 7.60. The van der Waals surface area contributed by atoms with Gasteiger partial charge in [0, 0.05) is 11.1 Å². The number of benzene rings is 1. The van der Waals surface area contributed by atoms with Crippen molar-refractivity contribution in [1.82, 2.24) is 0 Å². The van der Waals surface area contributed by atoms with Crippen molar-refractivity contribution >= 4 is 23.4 Å². The summed E-state index contributed by atoms with van der Waals surface area (Å²) < 4.78 is 5.72. The Balaban J connectivity index is 2.62. The summed E-state index contributed by atoms with van der Waals surface area (Å²) in [6.45, 7) is 1.96. The molecule has 16 heavy (non-hydrogen) atoms. The summed E-state index contributed by atoms with van der Waals surface area (Å²) in [5.41, 5.74) is 3.40. The highest BCUT2D eigenvalue weighted by Gasteiger charge is 2.17. The predicted molar refractivity (Wildman–Crippen MR) is 70.2 cm³/mol. The van der Waals surface area contributed by atoms with Gasteiger partial charge in [0.15, 0.2) is 5.09 Å². The van der Waals surface area contributed by atoms with E-state index in [0.29, 0.717) is 5.88 Å². The highest BCUT2D eigenvalue weighted by Crippen LogP contribution is 2.38. The summed E-state index contributed by atoms with van der Waals surface area (Å²) in [5.74, 6) is 1.40. The van der Waals surface area contributed by atoms with Crippen molar-refractivity contribution < 1.29 is 4.42 Å². The van der Waals surface area contributed by atoms with Gasteiger partial charge in [-0.25, -0.2) is 0 Å². The molecule has 0 atom stereocenters. The average Bonchev–Trinajstić information content (AvgIpc) is 2.66. The average molecular weight is 253 g/mol. The maximum absolute atomic E-state index is 5.99. The fourth-order valence-corrected chi connectivity index (χ4v) is 2.73. The van der Waals surface area contributed by atoms with Crippen LogP contribution in [-0.4, -0.2) is 6.26 Å². The van der Waals surface area contributed by atoms with Crippen LogP contribution >= 0.6 is 23.4 Å². The van der Waals surface area contributed by atoms with Gasteiger partial charge < -0.3 is 4.42 Å². The molecule has 1 heterocycles. The monoisotopic (exact) mass is 252 g/mol. The Bertz CT molecular complexity index is 476. The number of hydrogen-bond donors (Lipinski definition) is 0. The smallest absolute Gasteiger partial charge is 0.168 e. The minimum atomic E-state index is 0.486. The number of hydrogen-bond acceptors (Lipinski definition) is 2. The molecule has 1 nitrogen and oxygen atoms in total. The van der Waals surface area contributed by atoms with Crippen LogP contribution in [0.2, 0.25) is 0 Å². The minimum absolute atomic E-state index is 0.486. The molecule has 0 saturated carbocycles. The van der Waals surface area contributed by atoms with Crippen LogP contribution < -0.4 is 0 Å². The van der Waals surface area contributed by atoms with Crippen LogP contribution in [-0.2, 0) is 5.88 Å². The van der Waals surface area contributed by atoms with Gasteiger partial charge in [-0.1, -0.05) is 42.1 Å². The first kappa shape index (κ1) is 11.6. The summed E-state index contributed by atoms with van der Waals surface area (Å²) in [5, 5.41) is 0.944. The van der Waals surface area contributed by atoms with Crippen molar-refractivity contribution in [2.45, 2.75) is 17.9 Å². The fourth-order valence-electron chi connectivity index (χ4n) is 1.75. The lowest BCUT2D eigenvalue weighted by Crippen LogP contribution is -1.84. The second-order valence-corrected chi connectivity index (χ2v) is 4.55. The molecule has 0 radical (unpaired) electrons. The molecule has 0 unspecified atom stereocenters. The Kier molecular flexibility index (Phi) is 3.62. The van der Waals surface area contributed by atoms with Crippen LogP contribution in [0.25, 0.3) is 11.1 Å². The third-order valence-corrected chi connectivity index (χ3v) is 3.48. The number of thioether (sulfide) groups is 1. The molecule has 0 N–H and O–H groups in total. The molecule has 0 spiro atoms. The molecule has 0 fully saturated rings. The van der Waals surface area contributed by atoms with E-state index < -0.39 is 0 Å². The molecule has 3 heteroatoms. The Labute approximate surface area is 105 Å². The third-order valence-electron chi connectivity index (χ3n) is 2.56. The molecule has 0 aliphatic heterocycles. The highest BCUT2D eigenvalue weighted by atomic mass is 35.5. The summed E-state index contributed by atoms with van der Waals surface area (Å²) in [6.07, 6.45) is 2.02. The Morgan fingerprint density at radius 1 is 1.25 bits per heavy atom.